The second-order valence-corrected chi connectivity index (χ2v) is 8.43. The number of nitrogen functional groups attached to an aromatic ring is 1. The molecule has 1 atom stereocenters. The molecule has 0 spiro atoms. The third-order valence-electron chi connectivity index (χ3n) is 6.46. The Balaban J connectivity index is 1.69. The van der Waals surface area contributed by atoms with Crippen molar-refractivity contribution in [2.24, 2.45) is 0 Å². The first-order valence-corrected chi connectivity index (χ1v) is 11.1. The molecule has 6 rings (SSSR count). The number of aromatic nitrogens is 4. The minimum absolute atomic E-state index is 0.0346. The number of methoxy groups -OCH3 is 1. The molecule has 34 heavy (non-hydrogen) atoms. The highest BCUT2D eigenvalue weighted by Gasteiger charge is 2.23. The number of fused-ring (bicyclic) bond motifs is 4. The number of nitrogens with zero attached hydrogens (tertiary/aromatic N) is 3. The third kappa shape index (κ3) is 3.04. The van der Waals surface area contributed by atoms with Gasteiger partial charge in [-0.3, -0.25) is 9.78 Å². The summed E-state index contributed by atoms with van der Waals surface area (Å²) in [6.07, 6.45) is 6.00. The number of H-pyrrole nitrogens is 1. The average Bonchev–Trinajstić information content (AvgIpc) is 3.33. The fourth-order valence-corrected chi connectivity index (χ4v) is 4.83. The van der Waals surface area contributed by atoms with Crippen molar-refractivity contribution in [1.29, 1.82) is 0 Å². The molecule has 0 bridgehead atoms. The lowest BCUT2D eigenvalue weighted by Crippen LogP contribution is -2.18. The second kappa shape index (κ2) is 7.81. The molecular formula is C25H22FN5O3. The Morgan fingerprint density at radius 3 is 2.88 bits per heavy atom. The van der Waals surface area contributed by atoms with Crippen LogP contribution >= 0.6 is 0 Å². The molecule has 1 aliphatic rings. The van der Waals surface area contributed by atoms with Gasteiger partial charge in [-0.25, -0.2) is 9.07 Å². The Bertz CT molecular complexity index is 1640. The molecule has 9 heteroatoms. The quantitative estimate of drug-likeness (QED) is 0.384. The number of benzene rings is 2. The van der Waals surface area contributed by atoms with Crippen LogP contribution in [0.15, 0.2) is 47.5 Å². The van der Waals surface area contributed by atoms with Crippen molar-refractivity contribution in [1.82, 2.24) is 19.7 Å². The van der Waals surface area contributed by atoms with Crippen LogP contribution in [0.1, 0.15) is 25.5 Å². The van der Waals surface area contributed by atoms with Gasteiger partial charge in [0.15, 0.2) is 5.82 Å². The van der Waals surface area contributed by atoms with Crippen LogP contribution in [0.4, 0.5) is 10.1 Å². The summed E-state index contributed by atoms with van der Waals surface area (Å²) < 4.78 is 28.0. The Kier molecular flexibility index (Phi) is 4.73. The van der Waals surface area contributed by atoms with E-state index in [0.717, 1.165) is 24.6 Å². The number of nitrogens with one attached hydrogen (secondary N) is 1. The van der Waals surface area contributed by atoms with E-state index in [2.05, 4.69) is 15.1 Å². The Labute approximate surface area is 193 Å². The topological polar surface area (TPSA) is 108 Å². The lowest BCUT2D eigenvalue weighted by atomic mass is 9.95. The summed E-state index contributed by atoms with van der Waals surface area (Å²) in [7, 11) is 1.56. The molecule has 0 aliphatic carbocycles. The van der Waals surface area contributed by atoms with Gasteiger partial charge in [0.2, 0.25) is 0 Å². The van der Waals surface area contributed by atoms with Crippen LogP contribution in [0.3, 0.4) is 0 Å². The van der Waals surface area contributed by atoms with Crippen LogP contribution in [-0.2, 0) is 4.74 Å². The van der Waals surface area contributed by atoms with E-state index in [9.17, 15) is 9.18 Å². The summed E-state index contributed by atoms with van der Waals surface area (Å²) in [5, 5.41) is 6.44. The van der Waals surface area contributed by atoms with Crippen molar-refractivity contribution in [3.05, 3.63) is 58.9 Å². The van der Waals surface area contributed by atoms with Gasteiger partial charge in [0, 0.05) is 40.7 Å². The number of rotatable bonds is 3. The predicted molar refractivity (Wildman–Crippen MR) is 128 cm³/mol. The molecule has 0 radical (unpaired) electrons. The Morgan fingerprint density at radius 1 is 1.21 bits per heavy atom. The fourth-order valence-electron chi connectivity index (χ4n) is 4.83. The molecular weight excluding hydrogens is 437 g/mol. The summed E-state index contributed by atoms with van der Waals surface area (Å²) >= 11 is 0. The first kappa shape index (κ1) is 20.6. The number of pyridine rings is 2. The molecule has 0 saturated carbocycles. The first-order valence-electron chi connectivity index (χ1n) is 11.1. The largest absolute Gasteiger partial charge is 0.494 e. The molecule has 1 fully saturated rings. The molecule has 1 unspecified atom stereocenters. The van der Waals surface area contributed by atoms with Gasteiger partial charge in [0.05, 0.1) is 12.6 Å². The van der Waals surface area contributed by atoms with E-state index in [-0.39, 0.29) is 17.4 Å². The highest BCUT2D eigenvalue weighted by molar-refractivity contribution is 6.15. The SMILES string of the molecule is COc1cc2c(-c3ccc(F)c4nn(C5CCCCO5)cc34)c(N)c(=O)[nH]c2c2cccnc12. The third-order valence-corrected chi connectivity index (χ3v) is 6.46. The van der Waals surface area contributed by atoms with Crippen molar-refractivity contribution in [2.45, 2.75) is 25.5 Å². The van der Waals surface area contributed by atoms with Gasteiger partial charge in [-0.05, 0) is 49.1 Å². The van der Waals surface area contributed by atoms with E-state index in [1.54, 1.807) is 42.4 Å². The number of hydrogen-bond donors (Lipinski definition) is 2. The van der Waals surface area contributed by atoms with Gasteiger partial charge in [-0.15, -0.1) is 0 Å². The second-order valence-electron chi connectivity index (χ2n) is 8.43. The van der Waals surface area contributed by atoms with Crippen LogP contribution in [0.2, 0.25) is 0 Å². The molecule has 2 aromatic carbocycles. The minimum atomic E-state index is -0.451. The lowest BCUT2D eigenvalue weighted by Gasteiger charge is -2.22. The molecule has 3 N–H and O–H groups in total. The maximum atomic E-state index is 14.8. The Morgan fingerprint density at radius 2 is 2.09 bits per heavy atom. The standard InChI is InChI=1S/C25H22FN5O3/c1-33-18-11-15-20(21(27)25(32)29-22(15)14-5-4-9-28-24(14)18)13-7-8-17(26)23-16(13)12-31(30-23)19-6-2-3-10-34-19/h4-5,7-9,11-12,19H,2-3,6,10,27H2,1H3,(H,29,32). The van der Waals surface area contributed by atoms with E-state index in [1.807, 2.05) is 6.07 Å². The summed E-state index contributed by atoms with van der Waals surface area (Å²) in [4.78, 5) is 20.2. The van der Waals surface area contributed by atoms with Crippen LogP contribution < -0.4 is 16.0 Å². The Hall–Kier alpha value is -3.98. The molecule has 0 amide bonds. The van der Waals surface area contributed by atoms with E-state index in [1.165, 1.54) is 6.07 Å². The van der Waals surface area contributed by atoms with E-state index < -0.39 is 11.4 Å². The van der Waals surface area contributed by atoms with Gasteiger partial charge in [0.1, 0.15) is 28.7 Å². The average molecular weight is 459 g/mol. The summed E-state index contributed by atoms with van der Waals surface area (Å²) in [5.74, 6) is 0.0914. The molecule has 8 nitrogen and oxygen atoms in total. The monoisotopic (exact) mass is 459 g/mol. The molecule has 3 aromatic heterocycles. The van der Waals surface area contributed by atoms with E-state index in [4.69, 9.17) is 15.2 Å². The van der Waals surface area contributed by atoms with E-state index >= 15 is 0 Å². The first-order chi connectivity index (χ1) is 16.6. The van der Waals surface area contributed by atoms with Crippen molar-refractivity contribution < 1.29 is 13.9 Å². The fraction of sp³-hybridized carbons (Fsp3) is 0.240. The van der Waals surface area contributed by atoms with Crippen molar-refractivity contribution in [2.75, 3.05) is 19.5 Å². The summed E-state index contributed by atoms with van der Waals surface area (Å²) in [6, 6.07) is 8.44. The highest BCUT2D eigenvalue weighted by atomic mass is 19.1. The van der Waals surface area contributed by atoms with Gasteiger partial charge < -0.3 is 20.2 Å². The zero-order valence-corrected chi connectivity index (χ0v) is 18.5. The number of aromatic amines is 1. The zero-order chi connectivity index (χ0) is 23.4. The maximum absolute atomic E-state index is 14.8. The molecule has 1 saturated heterocycles. The van der Waals surface area contributed by atoms with Crippen molar-refractivity contribution >= 4 is 38.4 Å². The van der Waals surface area contributed by atoms with Gasteiger partial charge in [-0.1, -0.05) is 6.07 Å². The molecule has 4 heterocycles. The number of hydrogen-bond acceptors (Lipinski definition) is 6. The zero-order valence-electron chi connectivity index (χ0n) is 18.5. The van der Waals surface area contributed by atoms with Gasteiger partial charge in [0.25, 0.3) is 5.56 Å². The summed E-state index contributed by atoms with van der Waals surface area (Å²) in [5.41, 5.74) is 8.46. The lowest BCUT2D eigenvalue weighted by molar-refractivity contribution is -0.0391. The van der Waals surface area contributed by atoms with Crippen molar-refractivity contribution in [3.8, 4) is 16.9 Å². The minimum Gasteiger partial charge on any atom is -0.494 e. The molecule has 172 valence electrons. The van der Waals surface area contributed by atoms with Gasteiger partial charge >= 0.3 is 0 Å². The van der Waals surface area contributed by atoms with Crippen molar-refractivity contribution in [3.63, 3.8) is 0 Å². The van der Waals surface area contributed by atoms with Crippen LogP contribution in [0.25, 0.3) is 43.8 Å². The van der Waals surface area contributed by atoms with Crippen LogP contribution in [0, 0.1) is 5.82 Å². The molecule has 1 aliphatic heterocycles. The van der Waals surface area contributed by atoms with E-state index in [0.29, 0.717) is 45.3 Å². The number of nitrogens with two attached hydrogens (primary N) is 1. The predicted octanol–water partition coefficient (Wildman–Crippen LogP) is 4.52. The van der Waals surface area contributed by atoms with Gasteiger partial charge in [-0.2, -0.15) is 5.10 Å². The smallest absolute Gasteiger partial charge is 0.272 e. The van der Waals surface area contributed by atoms with Crippen LogP contribution in [-0.4, -0.2) is 33.5 Å². The van der Waals surface area contributed by atoms with Crippen LogP contribution in [0.5, 0.6) is 5.75 Å². The summed E-state index contributed by atoms with van der Waals surface area (Å²) in [6.45, 7) is 0.642. The molecule has 5 aromatic rings. The number of anilines is 1. The maximum Gasteiger partial charge on any atom is 0.272 e. The normalized spacial score (nSPS) is 16.5. The number of ether oxygens (including phenoxy) is 2. The highest BCUT2D eigenvalue weighted by Crippen LogP contribution is 2.41. The number of halogens is 1.